The molecule has 0 aliphatic carbocycles. The smallest absolute Gasteiger partial charge is 0.242 e. The van der Waals surface area contributed by atoms with Crippen molar-refractivity contribution in [2.45, 2.75) is 19.4 Å². The van der Waals surface area contributed by atoms with Crippen molar-refractivity contribution >= 4 is 23.3 Å². The third kappa shape index (κ3) is 2.39. The van der Waals surface area contributed by atoms with E-state index in [2.05, 4.69) is 10.3 Å². The van der Waals surface area contributed by atoms with E-state index >= 15 is 0 Å². The lowest BCUT2D eigenvalue weighted by molar-refractivity contribution is -0.123. The van der Waals surface area contributed by atoms with Gasteiger partial charge < -0.3 is 10.2 Å². The number of nitriles is 1. The van der Waals surface area contributed by atoms with E-state index in [0.29, 0.717) is 30.9 Å². The van der Waals surface area contributed by atoms with Gasteiger partial charge in [-0.15, -0.1) is 0 Å². The average Bonchev–Trinajstić information content (AvgIpc) is 2.37. The number of rotatable bonds is 2. The van der Waals surface area contributed by atoms with Crippen LogP contribution in [0.5, 0.6) is 0 Å². The Hall–Kier alpha value is -1.80. The molecule has 1 N–H and O–H groups in total. The number of amides is 1. The van der Waals surface area contributed by atoms with Crippen LogP contribution in [0.15, 0.2) is 12.1 Å². The molecule has 1 aromatic rings. The van der Waals surface area contributed by atoms with Crippen molar-refractivity contribution in [3.8, 4) is 6.07 Å². The zero-order chi connectivity index (χ0) is 13.1. The van der Waals surface area contributed by atoms with Crippen LogP contribution in [0.25, 0.3) is 0 Å². The van der Waals surface area contributed by atoms with Gasteiger partial charge in [0.05, 0.1) is 11.6 Å². The van der Waals surface area contributed by atoms with E-state index in [9.17, 15) is 4.79 Å². The maximum Gasteiger partial charge on any atom is 0.242 e. The van der Waals surface area contributed by atoms with Gasteiger partial charge in [0.25, 0.3) is 0 Å². The van der Waals surface area contributed by atoms with Gasteiger partial charge in [-0.25, -0.2) is 4.98 Å². The normalized spacial score (nSPS) is 19.3. The number of hydrogen-bond donors (Lipinski definition) is 1. The van der Waals surface area contributed by atoms with E-state index in [1.807, 2.05) is 17.9 Å². The third-order valence-electron chi connectivity index (χ3n) is 2.92. The molecule has 1 saturated heterocycles. The zero-order valence-corrected chi connectivity index (χ0v) is 10.7. The summed E-state index contributed by atoms with van der Waals surface area (Å²) >= 11 is 5.89. The molecule has 18 heavy (non-hydrogen) atoms. The van der Waals surface area contributed by atoms with Gasteiger partial charge in [-0.2, -0.15) is 5.26 Å². The minimum atomic E-state index is -0.253. The number of carbonyl (C=O) groups is 1. The van der Waals surface area contributed by atoms with Crippen LogP contribution in [0.2, 0.25) is 5.15 Å². The molecule has 2 heterocycles. The maximum absolute atomic E-state index is 11.8. The van der Waals surface area contributed by atoms with Crippen molar-refractivity contribution in [2.75, 3.05) is 18.0 Å². The number of hydrogen-bond acceptors (Lipinski definition) is 4. The summed E-state index contributed by atoms with van der Waals surface area (Å²) in [6.45, 7) is 3.19. The molecule has 1 aliphatic heterocycles. The highest BCUT2D eigenvalue weighted by atomic mass is 35.5. The molecular formula is C12H13ClN4O. The Kier molecular flexibility index (Phi) is 3.68. The lowest BCUT2D eigenvalue weighted by atomic mass is 10.1. The van der Waals surface area contributed by atoms with Crippen molar-refractivity contribution in [1.29, 1.82) is 5.26 Å². The standard InChI is InChI=1S/C12H13ClN4O/c1-2-9-12(18)15-3-4-17(9)11-6-8(7-14)5-10(13)16-11/h5-6,9H,2-4H2,1H3,(H,15,18). The number of aromatic nitrogens is 1. The fraction of sp³-hybridized carbons (Fsp3) is 0.417. The molecule has 2 rings (SSSR count). The summed E-state index contributed by atoms with van der Waals surface area (Å²) in [5.74, 6) is 0.574. The second-order valence-electron chi connectivity index (χ2n) is 4.06. The van der Waals surface area contributed by atoms with Crippen LogP contribution in [0.3, 0.4) is 0 Å². The van der Waals surface area contributed by atoms with E-state index in [0.717, 1.165) is 0 Å². The minimum Gasteiger partial charge on any atom is -0.353 e. The van der Waals surface area contributed by atoms with Gasteiger partial charge in [-0.3, -0.25) is 4.79 Å². The van der Waals surface area contributed by atoms with Crippen LogP contribution < -0.4 is 10.2 Å². The summed E-state index contributed by atoms with van der Waals surface area (Å²) in [5.41, 5.74) is 0.450. The molecule has 1 aliphatic rings. The van der Waals surface area contributed by atoms with Gasteiger partial charge in [0, 0.05) is 13.1 Å². The van der Waals surface area contributed by atoms with Crippen LogP contribution in [0.4, 0.5) is 5.82 Å². The Labute approximate surface area is 110 Å². The first kappa shape index (κ1) is 12.7. The Morgan fingerprint density at radius 3 is 3.11 bits per heavy atom. The van der Waals surface area contributed by atoms with Gasteiger partial charge in [-0.05, 0) is 18.6 Å². The number of anilines is 1. The van der Waals surface area contributed by atoms with Crippen molar-refractivity contribution in [3.05, 3.63) is 22.8 Å². The molecule has 1 atom stereocenters. The largest absolute Gasteiger partial charge is 0.353 e. The predicted molar refractivity (Wildman–Crippen MR) is 68.4 cm³/mol. The molecule has 1 amide bonds. The summed E-state index contributed by atoms with van der Waals surface area (Å²) in [7, 11) is 0. The molecule has 0 aromatic carbocycles. The molecule has 94 valence electrons. The monoisotopic (exact) mass is 264 g/mol. The SMILES string of the molecule is CCC1C(=O)NCCN1c1cc(C#N)cc(Cl)n1. The quantitative estimate of drug-likeness (QED) is 0.818. The van der Waals surface area contributed by atoms with E-state index in [1.54, 1.807) is 6.07 Å². The molecule has 0 saturated carbocycles. The summed E-state index contributed by atoms with van der Waals surface area (Å²) in [5, 5.41) is 12.0. The van der Waals surface area contributed by atoms with Crippen LogP contribution >= 0.6 is 11.6 Å². The number of halogens is 1. The molecule has 1 aromatic heterocycles. The van der Waals surface area contributed by atoms with E-state index in [1.165, 1.54) is 6.07 Å². The fourth-order valence-corrected chi connectivity index (χ4v) is 2.29. The zero-order valence-electron chi connectivity index (χ0n) is 9.98. The predicted octanol–water partition coefficient (Wildman–Crippen LogP) is 1.32. The third-order valence-corrected chi connectivity index (χ3v) is 3.12. The molecule has 5 nitrogen and oxygen atoms in total. The van der Waals surface area contributed by atoms with Crippen LogP contribution in [0, 0.1) is 11.3 Å². The topological polar surface area (TPSA) is 69.0 Å². The Morgan fingerprint density at radius 1 is 1.67 bits per heavy atom. The highest BCUT2D eigenvalue weighted by Gasteiger charge is 2.29. The van der Waals surface area contributed by atoms with Gasteiger partial charge in [-0.1, -0.05) is 18.5 Å². The van der Waals surface area contributed by atoms with Crippen molar-refractivity contribution in [2.24, 2.45) is 0 Å². The van der Waals surface area contributed by atoms with Crippen LogP contribution in [-0.2, 0) is 4.79 Å². The molecular weight excluding hydrogens is 252 g/mol. The molecule has 1 fully saturated rings. The summed E-state index contributed by atoms with van der Waals surface area (Å²) in [6.07, 6.45) is 0.682. The number of piperazine rings is 1. The highest BCUT2D eigenvalue weighted by Crippen LogP contribution is 2.22. The van der Waals surface area contributed by atoms with E-state index in [4.69, 9.17) is 16.9 Å². The minimum absolute atomic E-state index is 0.0102. The molecule has 6 heteroatoms. The number of carbonyl (C=O) groups excluding carboxylic acids is 1. The van der Waals surface area contributed by atoms with Gasteiger partial charge in [0.15, 0.2) is 0 Å². The fourth-order valence-electron chi connectivity index (χ4n) is 2.09. The number of nitrogens with zero attached hydrogens (tertiary/aromatic N) is 3. The molecule has 1 unspecified atom stereocenters. The Morgan fingerprint density at radius 2 is 2.44 bits per heavy atom. The summed E-state index contributed by atoms with van der Waals surface area (Å²) in [4.78, 5) is 17.9. The van der Waals surface area contributed by atoms with Crippen molar-refractivity contribution in [3.63, 3.8) is 0 Å². The number of nitrogens with one attached hydrogen (secondary N) is 1. The highest BCUT2D eigenvalue weighted by molar-refractivity contribution is 6.29. The van der Waals surface area contributed by atoms with Gasteiger partial charge >= 0.3 is 0 Å². The Balaban J connectivity index is 2.37. The number of pyridine rings is 1. The van der Waals surface area contributed by atoms with Crippen LogP contribution in [0.1, 0.15) is 18.9 Å². The lowest BCUT2D eigenvalue weighted by Crippen LogP contribution is -2.55. The molecule has 0 bridgehead atoms. The van der Waals surface area contributed by atoms with Gasteiger partial charge in [0.1, 0.15) is 17.0 Å². The first-order valence-electron chi connectivity index (χ1n) is 5.77. The van der Waals surface area contributed by atoms with E-state index < -0.39 is 0 Å². The average molecular weight is 265 g/mol. The molecule has 0 spiro atoms. The first-order valence-corrected chi connectivity index (χ1v) is 6.15. The Bertz CT molecular complexity index is 511. The summed E-state index contributed by atoms with van der Waals surface area (Å²) in [6, 6.07) is 4.96. The van der Waals surface area contributed by atoms with Gasteiger partial charge in [0.2, 0.25) is 5.91 Å². The second-order valence-corrected chi connectivity index (χ2v) is 4.44. The van der Waals surface area contributed by atoms with E-state index in [-0.39, 0.29) is 17.1 Å². The first-order chi connectivity index (χ1) is 8.65. The lowest BCUT2D eigenvalue weighted by Gasteiger charge is -2.35. The van der Waals surface area contributed by atoms with Crippen molar-refractivity contribution in [1.82, 2.24) is 10.3 Å². The maximum atomic E-state index is 11.8. The second kappa shape index (κ2) is 5.23. The van der Waals surface area contributed by atoms with Crippen LogP contribution in [-0.4, -0.2) is 30.0 Å². The van der Waals surface area contributed by atoms with Crippen molar-refractivity contribution < 1.29 is 4.79 Å². The summed E-state index contributed by atoms with van der Waals surface area (Å²) < 4.78 is 0. The molecule has 0 radical (unpaired) electrons.